The number of benzene rings is 1. The third-order valence-corrected chi connectivity index (χ3v) is 4.03. The fraction of sp³-hybridized carbons (Fsp3) is 0.471. The van der Waals surface area contributed by atoms with Gasteiger partial charge >= 0.3 is 0 Å². The second-order valence-electron chi connectivity index (χ2n) is 5.99. The number of aryl methyl sites for hydroxylation is 2. The van der Waals surface area contributed by atoms with Gasteiger partial charge in [0.15, 0.2) is 5.82 Å². The topological polar surface area (TPSA) is 75.2 Å². The Morgan fingerprint density at radius 1 is 1.21 bits per heavy atom. The molecule has 0 atom stereocenters. The number of morpholine rings is 1. The monoisotopic (exact) mass is 328 g/mol. The lowest BCUT2D eigenvalue weighted by Gasteiger charge is -2.26. The first-order chi connectivity index (χ1) is 11.7. The van der Waals surface area contributed by atoms with Crippen LogP contribution < -0.4 is 10.6 Å². The molecule has 0 saturated carbocycles. The minimum Gasteiger partial charge on any atom is -0.379 e. The average molecular weight is 328 g/mol. The summed E-state index contributed by atoms with van der Waals surface area (Å²) in [5.74, 6) is 1.23. The Kier molecular flexibility index (Phi) is 5.55. The first-order valence-electron chi connectivity index (χ1n) is 8.29. The third-order valence-electron chi connectivity index (χ3n) is 4.03. The maximum absolute atomic E-state index is 5.35. The molecule has 24 heavy (non-hydrogen) atoms. The number of aromatic nitrogens is 3. The minimum atomic E-state index is 0.498. The van der Waals surface area contributed by atoms with Gasteiger partial charge in [0.05, 0.1) is 19.4 Å². The molecule has 0 bridgehead atoms. The molecule has 128 valence electrons. The van der Waals surface area contributed by atoms with Crippen molar-refractivity contribution in [1.29, 1.82) is 0 Å². The standard InChI is InChI=1S/C17H24N6O/c1-13-3-4-15(14(2)11-13)20-17-21-16(12-19-22-17)18-5-6-23-7-9-24-10-8-23/h3-4,11-12H,5-10H2,1-2H3,(H2,18,20,21,22). The molecule has 2 N–H and O–H groups in total. The molecule has 1 saturated heterocycles. The minimum absolute atomic E-state index is 0.498. The molecule has 3 rings (SSSR count). The number of nitrogens with zero attached hydrogens (tertiary/aromatic N) is 4. The Labute approximate surface area is 142 Å². The van der Waals surface area contributed by atoms with E-state index in [0.29, 0.717) is 5.95 Å². The van der Waals surface area contributed by atoms with E-state index in [0.717, 1.165) is 56.5 Å². The molecular weight excluding hydrogens is 304 g/mol. The normalized spacial score (nSPS) is 15.2. The highest BCUT2D eigenvalue weighted by atomic mass is 16.5. The predicted molar refractivity (Wildman–Crippen MR) is 94.8 cm³/mol. The zero-order valence-electron chi connectivity index (χ0n) is 14.2. The SMILES string of the molecule is Cc1ccc(Nc2nncc(NCCN3CCOCC3)n2)c(C)c1. The first-order valence-corrected chi connectivity index (χ1v) is 8.29. The lowest BCUT2D eigenvalue weighted by atomic mass is 10.1. The quantitative estimate of drug-likeness (QED) is 0.839. The van der Waals surface area contributed by atoms with Gasteiger partial charge in [-0.2, -0.15) is 10.1 Å². The van der Waals surface area contributed by atoms with Gasteiger partial charge in [-0.05, 0) is 25.5 Å². The van der Waals surface area contributed by atoms with Crippen LogP contribution in [0.5, 0.6) is 0 Å². The average Bonchev–Trinajstić information content (AvgIpc) is 2.59. The van der Waals surface area contributed by atoms with Crippen molar-refractivity contribution < 1.29 is 4.74 Å². The van der Waals surface area contributed by atoms with Crippen LogP contribution in [0.15, 0.2) is 24.4 Å². The van der Waals surface area contributed by atoms with E-state index in [1.54, 1.807) is 6.20 Å². The lowest BCUT2D eigenvalue weighted by molar-refractivity contribution is 0.0398. The van der Waals surface area contributed by atoms with E-state index in [2.05, 4.69) is 56.7 Å². The number of rotatable bonds is 6. The van der Waals surface area contributed by atoms with E-state index in [1.165, 1.54) is 5.56 Å². The van der Waals surface area contributed by atoms with Crippen LogP contribution in [-0.2, 0) is 4.74 Å². The van der Waals surface area contributed by atoms with Gasteiger partial charge in [0.2, 0.25) is 5.95 Å². The van der Waals surface area contributed by atoms with Gasteiger partial charge in [0.1, 0.15) is 0 Å². The zero-order valence-corrected chi connectivity index (χ0v) is 14.2. The van der Waals surface area contributed by atoms with Crippen LogP contribution in [0.1, 0.15) is 11.1 Å². The van der Waals surface area contributed by atoms with Gasteiger partial charge in [0.25, 0.3) is 0 Å². The van der Waals surface area contributed by atoms with E-state index < -0.39 is 0 Å². The van der Waals surface area contributed by atoms with E-state index in [9.17, 15) is 0 Å². The van der Waals surface area contributed by atoms with Crippen molar-refractivity contribution in [2.75, 3.05) is 50.0 Å². The van der Waals surface area contributed by atoms with Crippen LogP contribution in [0.3, 0.4) is 0 Å². The molecule has 1 aromatic carbocycles. The number of nitrogens with one attached hydrogen (secondary N) is 2. The van der Waals surface area contributed by atoms with Gasteiger partial charge < -0.3 is 15.4 Å². The van der Waals surface area contributed by atoms with E-state index >= 15 is 0 Å². The molecular formula is C17H24N6O. The van der Waals surface area contributed by atoms with E-state index in [-0.39, 0.29) is 0 Å². The molecule has 2 aromatic rings. The van der Waals surface area contributed by atoms with Gasteiger partial charge in [-0.25, -0.2) is 0 Å². The molecule has 1 aliphatic rings. The maximum atomic E-state index is 5.35. The summed E-state index contributed by atoms with van der Waals surface area (Å²) in [6.45, 7) is 9.54. The highest BCUT2D eigenvalue weighted by molar-refractivity contribution is 5.59. The lowest BCUT2D eigenvalue weighted by Crippen LogP contribution is -2.39. The zero-order chi connectivity index (χ0) is 16.8. The molecule has 7 nitrogen and oxygen atoms in total. The van der Waals surface area contributed by atoms with Crippen molar-refractivity contribution in [2.45, 2.75) is 13.8 Å². The van der Waals surface area contributed by atoms with Crippen LogP contribution in [-0.4, -0.2) is 59.5 Å². The maximum Gasteiger partial charge on any atom is 0.249 e. The number of ether oxygens (including phenoxy) is 1. The van der Waals surface area contributed by atoms with Gasteiger partial charge in [0, 0.05) is 31.9 Å². The van der Waals surface area contributed by atoms with Crippen LogP contribution >= 0.6 is 0 Å². The Morgan fingerprint density at radius 3 is 2.83 bits per heavy atom. The summed E-state index contributed by atoms with van der Waals surface area (Å²) in [4.78, 5) is 6.85. The van der Waals surface area contributed by atoms with Crippen molar-refractivity contribution in [3.05, 3.63) is 35.5 Å². The number of anilines is 3. The van der Waals surface area contributed by atoms with Crippen LogP contribution in [0, 0.1) is 13.8 Å². The molecule has 0 spiro atoms. The highest BCUT2D eigenvalue weighted by Crippen LogP contribution is 2.19. The highest BCUT2D eigenvalue weighted by Gasteiger charge is 2.09. The Bertz CT molecular complexity index is 672. The summed E-state index contributed by atoms with van der Waals surface area (Å²) >= 11 is 0. The Hall–Kier alpha value is -2.25. The molecule has 7 heteroatoms. The van der Waals surface area contributed by atoms with Crippen LogP contribution in [0.4, 0.5) is 17.5 Å². The second-order valence-corrected chi connectivity index (χ2v) is 5.99. The van der Waals surface area contributed by atoms with Gasteiger partial charge in [-0.15, -0.1) is 5.10 Å². The van der Waals surface area contributed by atoms with Crippen LogP contribution in [0.2, 0.25) is 0 Å². The molecule has 1 fully saturated rings. The first kappa shape index (κ1) is 16.6. The van der Waals surface area contributed by atoms with Gasteiger partial charge in [-0.3, -0.25) is 4.90 Å². The molecule has 0 radical (unpaired) electrons. The summed E-state index contributed by atoms with van der Waals surface area (Å²) in [6, 6.07) is 6.22. The number of hydrogen-bond donors (Lipinski definition) is 2. The summed E-state index contributed by atoms with van der Waals surface area (Å²) in [5, 5.41) is 14.6. The van der Waals surface area contributed by atoms with Crippen molar-refractivity contribution in [2.24, 2.45) is 0 Å². The Balaban J connectivity index is 1.55. The fourth-order valence-electron chi connectivity index (χ4n) is 2.68. The summed E-state index contributed by atoms with van der Waals surface area (Å²) in [6.07, 6.45) is 1.65. The fourth-order valence-corrected chi connectivity index (χ4v) is 2.68. The molecule has 0 amide bonds. The second kappa shape index (κ2) is 8.03. The summed E-state index contributed by atoms with van der Waals surface area (Å²) in [7, 11) is 0. The van der Waals surface area contributed by atoms with Crippen molar-refractivity contribution in [1.82, 2.24) is 20.1 Å². The molecule has 1 aliphatic heterocycles. The van der Waals surface area contributed by atoms with E-state index in [1.807, 2.05) is 6.07 Å². The van der Waals surface area contributed by atoms with Gasteiger partial charge in [-0.1, -0.05) is 17.7 Å². The van der Waals surface area contributed by atoms with E-state index in [4.69, 9.17) is 4.74 Å². The molecule has 0 aliphatic carbocycles. The summed E-state index contributed by atoms with van der Waals surface area (Å²) in [5.41, 5.74) is 3.38. The Morgan fingerprint density at radius 2 is 2.04 bits per heavy atom. The van der Waals surface area contributed by atoms with Crippen molar-refractivity contribution >= 4 is 17.5 Å². The smallest absolute Gasteiger partial charge is 0.249 e. The third kappa shape index (κ3) is 4.62. The molecule has 0 unspecified atom stereocenters. The summed E-state index contributed by atoms with van der Waals surface area (Å²) < 4.78 is 5.35. The predicted octanol–water partition coefficient (Wildman–Crippen LogP) is 1.98. The number of hydrogen-bond acceptors (Lipinski definition) is 7. The van der Waals surface area contributed by atoms with Crippen LogP contribution in [0.25, 0.3) is 0 Å². The molecule has 2 heterocycles. The van der Waals surface area contributed by atoms with Crippen molar-refractivity contribution in [3.8, 4) is 0 Å². The largest absolute Gasteiger partial charge is 0.379 e. The van der Waals surface area contributed by atoms with Crippen molar-refractivity contribution in [3.63, 3.8) is 0 Å². The molecule has 1 aromatic heterocycles.